The predicted molar refractivity (Wildman–Crippen MR) is 130 cm³/mol. The number of benzene rings is 1. The average Bonchev–Trinajstić information content (AvgIpc) is 2.86. The van der Waals surface area contributed by atoms with Crippen molar-refractivity contribution in [1.82, 2.24) is 15.0 Å². The molecule has 0 bridgehead atoms. The third kappa shape index (κ3) is 4.60. The molecule has 2 aromatic heterocycles. The largest absolute Gasteiger partial charge is 0.493 e. The first-order valence-electron chi connectivity index (χ1n) is 10.8. The van der Waals surface area contributed by atoms with Crippen LogP contribution in [0.1, 0.15) is 13.8 Å². The van der Waals surface area contributed by atoms with Gasteiger partial charge in [-0.1, -0.05) is 0 Å². The molecule has 0 atom stereocenters. The van der Waals surface area contributed by atoms with Crippen molar-refractivity contribution in [3.63, 3.8) is 0 Å². The highest BCUT2D eigenvalue weighted by Gasteiger charge is 2.41. The standard InChI is InChI=1S/C23H26FN7O5/c1-23(2)21(32)31(11-25)20-14(36-23)6-7-17(29-20)28-19-13(24)10-26-22(30-19)27-12-8-15(33-3)18(35-5)16(9-12)34-4/h6-10H,11,25H2,1-5H3,(H2,26,27,28,29,30). The van der Waals surface area contributed by atoms with E-state index in [9.17, 15) is 9.18 Å². The van der Waals surface area contributed by atoms with Crippen LogP contribution in [0.25, 0.3) is 0 Å². The van der Waals surface area contributed by atoms with Crippen molar-refractivity contribution in [2.24, 2.45) is 5.73 Å². The van der Waals surface area contributed by atoms with Gasteiger partial charge in [0.15, 0.2) is 40.3 Å². The highest BCUT2D eigenvalue weighted by Crippen LogP contribution is 2.41. The average molecular weight is 500 g/mol. The number of hydrogen-bond donors (Lipinski definition) is 3. The number of anilines is 5. The van der Waals surface area contributed by atoms with Gasteiger partial charge < -0.3 is 35.3 Å². The lowest BCUT2D eigenvalue weighted by atomic mass is 10.1. The summed E-state index contributed by atoms with van der Waals surface area (Å²) >= 11 is 0. The number of carbonyl (C=O) groups is 1. The summed E-state index contributed by atoms with van der Waals surface area (Å²) in [5, 5.41) is 5.80. The topological polar surface area (TPSA) is 146 Å². The molecule has 190 valence electrons. The van der Waals surface area contributed by atoms with E-state index < -0.39 is 11.4 Å². The number of ether oxygens (including phenoxy) is 4. The monoisotopic (exact) mass is 499 g/mol. The molecule has 0 saturated heterocycles. The number of carbonyl (C=O) groups excluding carboxylic acids is 1. The van der Waals surface area contributed by atoms with E-state index in [0.717, 1.165) is 6.20 Å². The number of nitrogens with one attached hydrogen (secondary N) is 2. The second-order valence-corrected chi connectivity index (χ2v) is 8.10. The molecule has 12 nitrogen and oxygen atoms in total. The fourth-order valence-electron chi connectivity index (χ4n) is 3.61. The van der Waals surface area contributed by atoms with Gasteiger partial charge in [0.25, 0.3) is 5.91 Å². The maximum Gasteiger partial charge on any atom is 0.272 e. The first-order chi connectivity index (χ1) is 17.2. The van der Waals surface area contributed by atoms with Crippen LogP contribution in [-0.2, 0) is 4.79 Å². The molecule has 4 rings (SSSR count). The Bertz CT molecular complexity index is 1280. The van der Waals surface area contributed by atoms with E-state index >= 15 is 0 Å². The van der Waals surface area contributed by atoms with Crippen molar-refractivity contribution in [1.29, 1.82) is 0 Å². The van der Waals surface area contributed by atoms with Crippen LogP contribution in [0.3, 0.4) is 0 Å². The fourth-order valence-corrected chi connectivity index (χ4v) is 3.61. The molecule has 3 aromatic rings. The molecule has 1 aromatic carbocycles. The van der Waals surface area contributed by atoms with E-state index in [1.54, 1.807) is 38.1 Å². The Morgan fingerprint density at radius 1 is 1.08 bits per heavy atom. The first kappa shape index (κ1) is 24.7. The summed E-state index contributed by atoms with van der Waals surface area (Å²) in [6.45, 7) is 3.19. The molecule has 36 heavy (non-hydrogen) atoms. The Morgan fingerprint density at radius 2 is 1.78 bits per heavy atom. The fraction of sp³-hybridized carbons (Fsp3) is 0.304. The van der Waals surface area contributed by atoms with Crippen LogP contribution in [-0.4, -0.2) is 54.5 Å². The molecule has 0 unspecified atom stereocenters. The Morgan fingerprint density at radius 3 is 2.39 bits per heavy atom. The Balaban J connectivity index is 1.62. The van der Waals surface area contributed by atoms with Crippen molar-refractivity contribution in [3.05, 3.63) is 36.3 Å². The SMILES string of the molecule is COc1cc(Nc2ncc(F)c(Nc3ccc4c(n3)N(CN)C(=O)C(C)(C)O4)n2)cc(OC)c1OC. The lowest BCUT2D eigenvalue weighted by Crippen LogP contribution is -2.54. The van der Waals surface area contributed by atoms with Crippen molar-refractivity contribution < 1.29 is 28.1 Å². The van der Waals surface area contributed by atoms with Gasteiger partial charge in [0, 0.05) is 17.8 Å². The van der Waals surface area contributed by atoms with Crippen LogP contribution in [0.2, 0.25) is 0 Å². The molecule has 0 spiro atoms. The second kappa shape index (κ2) is 9.70. The lowest BCUT2D eigenvalue weighted by Gasteiger charge is -2.37. The van der Waals surface area contributed by atoms with E-state index in [1.165, 1.54) is 26.2 Å². The molecule has 1 amide bonds. The Labute approximate surface area is 206 Å². The quantitative estimate of drug-likeness (QED) is 0.420. The van der Waals surface area contributed by atoms with Crippen LogP contribution < -0.4 is 40.2 Å². The minimum Gasteiger partial charge on any atom is -0.493 e. The molecule has 13 heteroatoms. The van der Waals surface area contributed by atoms with E-state index in [0.29, 0.717) is 28.7 Å². The number of hydrogen-bond acceptors (Lipinski definition) is 11. The number of halogens is 1. The second-order valence-electron chi connectivity index (χ2n) is 8.10. The number of pyridine rings is 1. The number of fused-ring (bicyclic) bond motifs is 1. The summed E-state index contributed by atoms with van der Waals surface area (Å²) in [4.78, 5) is 26.6. The summed E-state index contributed by atoms with van der Waals surface area (Å²) < 4.78 is 36.3. The van der Waals surface area contributed by atoms with Gasteiger partial charge in [-0.05, 0) is 26.0 Å². The lowest BCUT2D eigenvalue weighted by molar-refractivity contribution is -0.132. The number of rotatable bonds is 8. The predicted octanol–water partition coefficient (Wildman–Crippen LogP) is 2.94. The summed E-state index contributed by atoms with van der Waals surface area (Å²) in [5.41, 5.74) is 5.21. The van der Waals surface area contributed by atoms with E-state index in [2.05, 4.69) is 25.6 Å². The molecule has 0 fully saturated rings. The Hall–Kier alpha value is -4.39. The summed E-state index contributed by atoms with van der Waals surface area (Å²) in [6.07, 6.45) is 1.01. The highest BCUT2D eigenvalue weighted by molar-refractivity contribution is 6.01. The minimum atomic E-state index is -1.09. The van der Waals surface area contributed by atoms with E-state index in [4.69, 9.17) is 24.7 Å². The maximum absolute atomic E-state index is 14.6. The van der Waals surface area contributed by atoms with Gasteiger partial charge in [0.05, 0.1) is 34.2 Å². The number of aromatic nitrogens is 3. The molecule has 1 aliphatic rings. The first-order valence-corrected chi connectivity index (χ1v) is 10.8. The van der Waals surface area contributed by atoms with Crippen LogP contribution in [0.4, 0.5) is 33.5 Å². The molecule has 1 aliphatic heterocycles. The van der Waals surface area contributed by atoms with Crippen LogP contribution in [0.5, 0.6) is 23.0 Å². The molecular formula is C23H26FN7O5. The third-order valence-electron chi connectivity index (χ3n) is 5.31. The molecule has 0 saturated carbocycles. The molecule has 3 heterocycles. The normalized spacial score (nSPS) is 14.0. The van der Waals surface area contributed by atoms with Gasteiger partial charge in [-0.25, -0.2) is 14.4 Å². The summed E-state index contributed by atoms with van der Waals surface area (Å²) in [5.74, 6) is 0.973. The van der Waals surface area contributed by atoms with Gasteiger partial charge in [0.1, 0.15) is 5.82 Å². The van der Waals surface area contributed by atoms with Gasteiger partial charge in [-0.15, -0.1) is 0 Å². The summed E-state index contributed by atoms with van der Waals surface area (Å²) in [6, 6.07) is 6.52. The molecule has 0 aliphatic carbocycles. The number of amides is 1. The van der Waals surface area contributed by atoms with Crippen LogP contribution in [0, 0.1) is 5.82 Å². The van der Waals surface area contributed by atoms with Crippen LogP contribution >= 0.6 is 0 Å². The maximum atomic E-state index is 14.6. The van der Waals surface area contributed by atoms with Gasteiger partial charge >= 0.3 is 0 Å². The van der Waals surface area contributed by atoms with Crippen molar-refractivity contribution in [3.8, 4) is 23.0 Å². The Kier molecular flexibility index (Phi) is 6.66. The minimum absolute atomic E-state index is 0.0926. The zero-order valence-corrected chi connectivity index (χ0v) is 20.4. The molecular weight excluding hydrogens is 473 g/mol. The van der Waals surface area contributed by atoms with Gasteiger partial charge in [-0.2, -0.15) is 4.98 Å². The number of nitrogens with two attached hydrogens (primary N) is 1. The zero-order chi connectivity index (χ0) is 26.0. The third-order valence-corrected chi connectivity index (χ3v) is 5.31. The molecule has 0 radical (unpaired) electrons. The highest BCUT2D eigenvalue weighted by atomic mass is 19.1. The number of nitrogens with zero attached hydrogens (tertiary/aromatic N) is 4. The van der Waals surface area contributed by atoms with Gasteiger partial charge in [0.2, 0.25) is 11.7 Å². The molecule has 4 N–H and O–H groups in total. The smallest absolute Gasteiger partial charge is 0.272 e. The van der Waals surface area contributed by atoms with Crippen molar-refractivity contribution in [2.75, 3.05) is 43.5 Å². The van der Waals surface area contributed by atoms with Crippen molar-refractivity contribution >= 4 is 35.0 Å². The zero-order valence-electron chi connectivity index (χ0n) is 20.4. The van der Waals surface area contributed by atoms with Crippen LogP contribution in [0.15, 0.2) is 30.5 Å². The summed E-state index contributed by atoms with van der Waals surface area (Å²) in [7, 11) is 4.49. The van der Waals surface area contributed by atoms with Crippen molar-refractivity contribution in [2.45, 2.75) is 19.4 Å². The van der Waals surface area contributed by atoms with E-state index in [1.807, 2.05) is 0 Å². The van der Waals surface area contributed by atoms with Gasteiger partial charge in [-0.3, -0.25) is 9.69 Å². The van der Waals surface area contributed by atoms with E-state index in [-0.39, 0.29) is 36.0 Å². The number of methoxy groups -OCH3 is 3.